The SMILES string of the molecule is CCCCCCCC(C)CN. The largest absolute Gasteiger partial charge is 0.330 e. The summed E-state index contributed by atoms with van der Waals surface area (Å²) in [6.45, 7) is 5.34. The van der Waals surface area contributed by atoms with Crippen LogP contribution in [-0.2, 0) is 0 Å². The van der Waals surface area contributed by atoms with Crippen LogP contribution in [0.1, 0.15) is 52.4 Å². The maximum absolute atomic E-state index is 5.51. The Kier molecular flexibility index (Phi) is 8.03. The molecule has 0 rings (SSSR count). The highest BCUT2D eigenvalue weighted by molar-refractivity contribution is 4.53. The number of hydrogen-bond acceptors (Lipinski definition) is 1. The van der Waals surface area contributed by atoms with Gasteiger partial charge in [0.15, 0.2) is 0 Å². The molecule has 0 saturated heterocycles. The van der Waals surface area contributed by atoms with Gasteiger partial charge in [-0.2, -0.15) is 0 Å². The first-order valence-corrected chi connectivity index (χ1v) is 5.01. The van der Waals surface area contributed by atoms with Crippen molar-refractivity contribution < 1.29 is 0 Å². The minimum atomic E-state index is 0.733. The summed E-state index contributed by atoms with van der Waals surface area (Å²) in [7, 11) is 0. The Morgan fingerprint density at radius 2 is 1.73 bits per heavy atom. The average molecular weight is 157 g/mol. The minimum absolute atomic E-state index is 0.733. The van der Waals surface area contributed by atoms with Crippen LogP contribution in [0.5, 0.6) is 0 Å². The van der Waals surface area contributed by atoms with Crippen LogP contribution in [0.25, 0.3) is 0 Å². The summed E-state index contributed by atoms with van der Waals surface area (Å²) in [5, 5.41) is 0. The molecule has 0 radical (unpaired) electrons. The Balaban J connectivity index is 2.89. The normalized spacial score (nSPS) is 13.4. The van der Waals surface area contributed by atoms with Crippen LogP contribution in [0.15, 0.2) is 0 Å². The highest BCUT2D eigenvalue weighted by Gasteiger charge is 1.97. The molecule has 0 bridgehead atoms. The molecule has 0 fully saturated rings. The molecule has 0 aromatic rings. The van der Waals surface area contributed by atoms with E-state index in [0.29, 0.717) is 0 Å². The van der Waals surface area contributed by atoms with E-state index in [-0.39, 0.29) is 0 Å². The topological polar surface area (TPSA) is 26.0 Å². The molecule has 2 N–H and O–H groups in total. The molecule has 0 aromatic carbocycles. The molecular formula is C10H23N. The third-order valence-corrected chi connectivity index (χ3v) is 2.20. The smallest absolute Gasteiger partial charge is 0.00515 e. The number of hydrogen-bond donors (Lipinski definition) is 1. The second kappa shape index (κ2) is 8.06. The van der Waals surface area contributed by atoms with Gasteiger partial charge in [0.1, 0.15) is 0 Å². The fraction of sp³-hybridized carbons (Fsp3) is 1.00. The van der Waals surface area contributed by atoms with Gasteiger partial charge in [0.25, 0.3) is 0 Å². The summed E-state index contributed by atoms with van der Waals surface area (Å²) >= 11 is 0. The summed E-state index contributed by atoms with van der Waals surface area (Å²) in [5.41, 5.74) is 5.51. The van der Waals surface area contributed by atoms with Crippen LogP contribution in [0.3, 0.4) is 0 Å². The van der Waals surface area contributed by atoms with E-state index >= 15 is 0 Å². The van der Waals surface area contributed by atoms with Crippen molar-refractivity contribution in [2.75, 3.05) is 6.54 Å². The average Bonchev–Trinajstić information content (AvgIpc) is 2.04. The van der Waals surface area contributed by atoms with E-state index in [0.717, 1.165) is 12.5 Å². The molecule has 1 atom stereocenters. The van der Waals surface area contributed by atoms with Gasteiger partial charge in [-0.1, -0.05) is 46.0 Å². The fourth-order valence-corrected chi connectivity index (χ4v) is 1.21. The molecule has 1 nitrogen and oxygen atoms in total. The molecular weight excluding hydrogens is 134 g/mol. The zero-order valence-electron chi connectivity index (χ0n) is 8.10. The summed E-state index contributed by atoms with van der Waals surface area (Å²) in [6, 6.07) is 0. The molecule has 0 aliphatic heterocycles. The lowest BCUT2D eigenvalue weighted by Crippen LogP contribution is -2.10. The van der Waals surface area contributed by atoms with Gasteiger partial charge in [0.05, 0.1) is 0 Å². The van der Waals surface area contributed by atoms with Gasteiger partial charge in [0.2, 0.25) is 0 Å². The number of nitrogens with two attached hydrogens (primary N) is 1. The third-order valence-electron chi connectivity index (χ3n) is 2.20. The zero-order valence-corrected chi connectivity index (χ0v) is 8.10. The Morgan fingerprint density at radius 3 is 2.27 bits per heavy atom. The fourth-order valence-electron chi connectivity index (χ4n) is 1.21. The molecule has 0 aromatic heterocycles. The first-order chi connectivity index (χ1) is 5.31. The van der Waals surface area contributed by atoms with E-state index in [1.807, 2.05) is 0 Å². The van der Waals surface area contributed by atoms with Crippen molar-refractivity contribution in [2.45, 2.75) is 52.4 Å². The molecule has 0 amide bonds. The van der Waals surface area contributed by atoms with Gasteiger partial charge in [-0.15, -0.1) is 0 Å². The number of unbranched alkanes of at least 4 members (excludes halogenated alkanes) is 4. The highest BCUT2D eigenvalue weighted by atomic mass is 14.5. The van der Waals surface area contributed by atoms with Gasteiger partial charge < -0.3 is 5.73 Å². The van der Waals surface area contributed by atoms with Crippen molar-refractivity contribution in [1.29, 1.82) is 0 Å². The van der Waals surface area contributed by atoms with E-state index in [1.54, 1.807) is 0 Å². The van der Waals surface area contributed by atoms with Crippen molar-refractivity contribution in [3.63, 3.8) is 0 Å². The molecule has 0 heterocycles. The third kappa shape index (κ3) is 7.86. The second-order valence-corrected chi connectivity index (χ2v) is 3.54. The summed E-state index contributed by atoms with van der Waals surface area (Å²) < 4.78 is 0. The molecule has 1 heteroatoms. The number of rotatable bonds is 7. The Hall–Kier alpha value is -0.0400. The molecule has 0 spiro atoms. The zero-order chi connectivity index (χ0) is 8.53. The van der Waals surface area contributed by atoms with Gasteiger partial charge in [0, 0.05) is 0 Å². The predicted octanol–water partition coefficient (Wildman–Crippen LogP) is 2.94. The molecule has 11 heavy (non-hydrogen) atoms. The van der Waals surface area contributed by atoms with E-state index in [9.17, 15) is 0 Å². The predicted molar refractivity (Wildman–Crippen MR) is 51.6 cm³/mol. The maximum atomic E-state index is 5.51. The first kappa shape index (κ1) is 11.0. The van der Waals surface area contributed by atoms with Crippen LogP contribution < -0.4 is 5.73 Å². The van der Waals surface area contributed by atoms with Crippen molar-refractivity contribution in [2.24, 2.45) is 11.7 Å². The van der Waals surface area contributed by atoms with Crippen molar-refractivity contribution in [3.8, 4) is 0 Å². The second-order valence-electron chi connectivity index (χ2n) is 3.54. The summed E-state index contributed by atoms with van der Waals surface area (Å²) in [6.07, 6.45) is 8.24. The molecule has 0 aliphatic rings. The quantitative estimate of drug-likeness (QED) is 0.565. The monoisotopic (exact) mass is 157 g/mol. The van der Waals surface area contributed by atoms with Crippen molar-refractivity contribution in [1.82, 2.24) is 0 Å². The summed E-state index contributed by atoms with van der Waals surface area (Å²) in [4.78, 5) is 0. The van der Waals surface area contributed by atoms with Crippen LogP contribution in [0.4, 0.5) is 0 Å². The molecule has 0 aliphatic carbocycles. The molecule has 68 valence electrons. The first-order valence-electron chi connectivity index (χ1n) is 5.01. The van der Waals surface area contributed by atoms with Crippen molar-refractivity contribution >= 4 is 0 Å². The standard InChI is InChI=1S/C10H23N/c1-3-4-5-6-7-8-10(2)9-11/h10H,3-9,11H2,1-2H3. The van der Waals surface area contributed by atoms with Gasteiger partial charge in [-0.05, 0) is 18.9 Å². The molecule has 1 unspecified atom stereocenters. The van der Waals surface area contributed by atoms with Crippen LogP contribution in [-0.4, -0.2) is 6.54 Å². The van der Waals surface area contributed by atoms with Gasteiger partial charge >= 0.3 is 0 Å². The van der Waals surface area contributed by atoms with Crippen molar-refractivity contribution in [3.05, 3.63) is 0 Å². The van der Waals surface area contributed by atoms with E-state index in [4.69, 9.17) is 5.73 Å². The lowest BCUT2D eigenvalue weighted by molar-refractivity contribution is 0.494. The Labute approximate surface area is 71.4 Å². The van der Waals surface area contributed by atoms with Crippen LogP contribution >= 0.6 is 0 Å². The minimum Gasteiger partial charge on any atom is -0.330 e. The lowest BCUT2D eigenvalue weighted by Gasteiger charge is -2.06. The van der Waals surface area contributed by atoms with E-state index < -0.39 is 0 Å². The summed E-state index contributed by atoms with van der Waals surface area (Å²) in [5.74, 6) is 0.733. The van der Waals surface area contributed by atoms with Crippen LogP contribution in [0, 0.1) is 5.92 Å². The maximum Gasteiger partial charge on any atom is -0.00515 e. The highest BCUT2D eigenvalue weighted by Crippen LogP contribution is 2.09. The lowest BCUT2D eigenvalue weighted by atomic mass is 10.0. The van der Waals surface area contributed by atoms with E-state index in [2.05, 4.69) is 13.8 Å². The molecule has 0 saturated carbocycles. The Morgan fingerprint density at radius 1 is 1.09 bits per heavy atom. The van der Waals surface area contributed by atoms with E-state index in [1.165, 1.54) is 38.5 Å². The van der Waals surface area contributed by atoms with Crippen LogP contribution in [0.2, 0.25) is 0 Å². The van der Waals surface area contributed by atoms with Gasteiger partial charge in [-0.3, -0.25) is 0 Å². The Bertz CT molecular complexity index is 71.3. The van der Waals surface area contributed by atoms with Gasteiger partial charge in [-0.25, -0.2) is 0 Å².